The van der Waals surface area contributed by atoms with Crippen LogP contribution in [0.2, 0.25) is 0 Å². The molecule has 0 aliphatic heterocycles. The quantitative estimate of drug-likeness (QED) is 0.593. The normalized spacial score (nSPS) is 8.36. The van der Waals surface area contributed by atoms with Crippen molar-refractivity contribution < 1.29 is 14.4 Å². The Morgan fingerprint density at radius 2 is 2.64 bits per heavy atom. The zero-order valence-electron chi connectivity index (χ0n) is 5.57. The molecule has 11 heavy (non-hydrogen) atoms. The fraction of sp³-hybridized carbons (Fsp3) is 0.143. The van der Waals surface area contributed by atoms with Gasteiger partial charge >= 0.3 is 5.97 Å². The molecule has 1 aromatic rings. The second kappa shape index (κ2) is 3.42. The summed E-state index contributed by atoms with van der Waals surface area (Å²) in [7, 11) is 0. The number of hydrogen-bond acceptors (Lipinski definition) is 3. The van der Waals surface area contributed by atoms with Gasteiger partial charge in [0.25, 0.3) is 0 Å². The highest BCUT2D eigenvalue weighted by Gasteiger charge is 1.90. The van der Waals surface area contributed by atoms with E-state index in [1.54, 1.807) is 0 Å². The van der Waals surface area contributed by atoms with Gasteiger partial charge in [-0.15, -0.1) is 0 Å². The molecule has 0 saturated heterocycles. The summed E-state index contributed by atoms with van der Waals surface area (Å²) in [4.78, 5) is 9.99. The Bertz CT molecular complexity index is 291. The number of carboxylic acid groups (broad SMARTS) is 1. The molecule has 0 aliphatic rings. The number of carbonyl (C=O) groups is 1. The monoisotopic (exact) mass is 151 g/mol. The summed E-state index contributed by atoms with van der Waals surface area (Å²) in [6, 6.07) is 0. The highest BCUT2D eigenvalue weighted by molar-refractivity contribution is 5.70. The van der Waals surface area contributed by atoms with Crippen LogP contribution in [0.1, 0.15) is 12.0 Å². The van der Waals surface area contributed by atoms with E-state index >= 15 is 0 Å². The van der Waals surface area contributed by atoms with Gasteiger partial charge in [0, 0.05) is 0 Å². The molecule has 0 saturated carbocycles. The van der Waals surface area contributed by atoms with Crippen molar-refractivity contribution in [1.29, 1.82) is 0 Å². The van der Waals surface area contributed by atoms with Crippen LogP contribution in [0.15, 0.2) is 17.0 Å². The standard InChI is InChI=1S/C7H5NO3/c9-7(10)3-1-2-6-4-8-11-5-6/h4-5H,3H2,(H,9,10). The van der Waals surface area contributed by atoms with Gasteiger partial charge in [-0.1, -0.05) is 17.0 Å². The first-order chi connectivity index (χ1) is 5.29. The summed E-state index contributed by atoms with van der Waals surface area (Å²) in [5, 5.41) is 11.6. The molecule has 4 heteroatoms. The molecule has 0 atom stereocenters. The Labute approximate surface area is 62.8 Å². The van der Waals surface area contributed by atoms with Gasteiger partial charge in [-0.25, -0.2) is 0 Å². The Kier molecular flexibility index (Phi) is 2.28. The van der Waals surface area contributed by atoms with Crippen molar-refractivity contribution in [2.45, 2.75) is 6.42 Å². The molecule has 0 bridgehead atoms. The molecular weight excluding hydrogens is 146 g/mol. The van der Waals surface area contributed by atoms with E-state index in [9.17, 15) is 4.79 Å². The van der Waals surface area contributed by atoms with E-state index in [0.29, 0.717) is 5.56 Å². The van der Waals surface area contributed by atoms with Crippen molar-refractivity contribution in [3.05, 3.63) is 18.0 Å². The van der Waals surface area contributed by atoms with Crippen LogP contribution >= 0.6 is 0 Å². The van der Waals surface area contributed by atoms with Crippen LogP contribution in [0.25, 0.3) is 0 Å². The summed E-state index contributed by atoms with van der Waals surface area (Å²) in [5.41, 5.74) is 0.589. The van der Waals surface area contributed by atoms with Crippen LogP contribution in [-0.2, 0) is 4.79 Å². The van der Waals surface area contributed by atoms with Crippen molar-refractivity contribution in [2.75, 3.05) is 0 Å². The highest BCUT2D eigenvalue weighted by atomic mass is 16.5. The van der Waals surface area contributed by atoms with Crippen LogP contribution in [-0.4, -0.2) is 16.2 Å². The van der Waals surface area contributed by atoms with E-state index in [2.05, 4.69) is 21.5 Å². The molecule has 56 valence electrons. The molecule has 1 rings (SSSR count). The Morgan fingerprint density at radius 1 is 1.82 bits per heavy atom. The number of rotatable bonds is 1. The Balaban J connectivity index is 2.52. The van der Waals surface area contributed by atoms with Gasteiger partial charge in [0.2, 0.25) is 0 Å². The molecular formula is C7H5NO3. The Hall–Kier alpha value is -1.76. The summed E-state index contributed by atoms with van der Waals surface area (Å²) in [6.07, 6.45) is 2.62. The van der Waals surface area contributed by atoms with Crippen LogP contribution in [0, 0.1) is 11.8 Å². The van der Waals surface area contributed by atoms with Crippen molar-refractivity contribution in [2.24, 2.45) is 0 Å². The first kappa shape index (κ1) is 7.35. The van der Waals surface area contributed by atoms with Crippen molar-refractivity contribution in [3.63, 3.8) is 0 Å². The molecule has 0 spiro atoms. The van der Waals surface area contributed by atoms with Crippen LogP contribution in [0.3, 0.4) is 0 Å². The summed E-state index contributed by atoms with van der Waals surface area (Å²) in [5.74, 6) is 4.07. The van der Waals surface area contributed by atoms with E-state index < -0.39 is 5.97 Å². The minimum atomic E-state index is -0.936. The average molecular weight is 151 g/mol. The average Bonchev–Trinajstić information content (AvgIpc) is 2.39. The molecule has 0 aromatic carbocycles. The van der Waals surface area contributed by atoms with Crippen LogP contribution in [0.4, 0.5) is 0 Å². The van der Waals surface area contributed by atoms with Gasteiger partial charge in [-0.2, -0.15) is 0 Å². The van der Waals surface area contributed by atoms with Gasteiger partial charge in [-0.05, 0) is 0 Å². The van der Waals surface area contributed by atoms with E-state index in [0.717, 1.165) is 0 Å². The minimum absolute atomic E-state index is 0.162. The first-order valence-electron chi connectivity index (χ1n) is 2.89. The van der Waals surface area contributed by atoms with Gasteiger partial charge in [-0.3, -0.25) is 4.79 Å². The number of aromatic nitrogens is 1. The maximum absolute atomic E-state index is 9.99. The third kappa shape index (κ3) is 2.54. The second-order valence-electron chi connectivity index (χ2n) is 1.79. The number of hydrogen-bond donors (Lipinski definition) is 1. The fourth-order valence-corrected chi connectivity index (χ4v) is 0.488. The lowest BCUT2D eigenvalue weighted by molar-refractivity contribution is -0.135. The largest absolute Gasteiger partial charge is 0.481 e. The van der Waals surface area contributed by atoms with E-state index in [-0.39, 0.29) is 6.42 Å². The topological polar surface area (TPSA) is 63.3 Å². The maximum Gasteiger partial charge on any atom is 0.315 e. The van der Waals surface area contributed by atoms with E-state index in [1.165, 1.54) is 12.5 Å². The molecule has 0 fully saturated rings. The van der Waals surface area contributed by atoms with Gasteiger partial charge in [0.1, 0.15) is 12.7 Å². The number of aliphatic carboxylic acids is 1. The second-order valence-corrected chi connectivity index (χ2v) is 1.79. The molecule has 0 unspecified atom stereocenters. The van der Waals surface area contributed by atoms with Gasteiger partial charge < -0.3 is 9.63 Å². The zero-order valence-corrected chi connectivity index (χ0v) is 5.57. The third-order valence-corrected chi connectivity index (χ3v) is 0.905. The lowest BCUT2D eigenvalue weighted by Crippen LogP contribution is -1.89. The molecule has 4 nitrogen and oxygen atoms in total. The molecule has 0 aliphatic carbocycles. The third-order valence-electron chi connectivity index (χ3n) is 0.905. The number of nitrogens with zero attached hydrogens (tertiary/aromatic N) is 1. The predicted molar refractivity (Wildman–Crippen MR) is 35.6 cm³/mol. The lowest BCUT2D eigenvalue weighted by atomic mass is 10.3. The maximum atomic E-state index is 9.99. The SMILES string of the molecule is O=C(O)CC#Cc1cnoc1. The van der Waals surface area contributed by atoms with Crippen molar-refractivity contribution >= 4 is 5.97 Å². The predicted octanol–water partition coefficient (Wildman–Crippen LogP) is 0.501. The summed E-state index contributed by atoms with van der Waals surface area (Å²) < 4.78 is 4.47. The highest BCUT2D eigenvalue weighted by Crippen LogP contribution is 1.91. The van der Waals surface area contributed by atoms with Crippen LogP contribution < -0.4 is 0 Å². The smallest absolute Gasteiger partial charge is 0.315 e. The first-order valence-corrected chi connectivity index (χ1v) is 2.89. The molecule has 1 heterocycles. The van der Waals surface area contributed by atoms with Crippen LogP contribution in [0.5, 0.6) is 0 Å². The Morgan fingerprint density at radius 3 is 3.18 bits per heavy atom. The summed E-state index contributed by atoms with van der Waals surface area (Å²) >= 11 is 0. The van der Waals surface area contributed by atoms with Gasteiger partial charge in [0.05, 0.1) is 11.8 Å². The summed E-state index contributed by atoms with van der Waals surface area (Å²) in [6.45, 7) is 0. The molecule has 0 radical (unpaired) electrons. The number of carboxylic acids is 1. The van der Waals surface area contributed by atoms with Gasteiger partial charge in [0.15, 0.2) is 0 Å². The fourth-order valence-electron chi connectivity index (χ4n) is 0.488. The van der Waals surface area contributed by atoms with E-state index in [1.807, 2.05) is 0 Å². The molecule has 1 aromatic heterocycles. The lowest BCUT2D eigenvalue weighted by Gasteiger charge is -1.76. The molecule has 1 N–H and O–H groups in total. The minimum Gasteiger partial charge on any atom is -0.481 e. The van der Waals surface area contributed by atoms with Crippen molar-refractivity contribution in [1.82, 2.24) is 5.16 Å². The van der Waals surface area contributed by atoms with Crippen molar-refractivity contribution in [3.8, 4) is 11.8 Å². The zero-order chi connectivity index (χ0) is 8.10. The van der Waals surface area contributed by atoms with E-state index in [4.69, 9.17) is 5.11 Å². The molecule has 0 amide bonds.